The first-order valence-corrected chi connectivity index (χ1v) is 4.88. The van der Waals surface area contributed by atoms with Gasteiger partial charge in [-0.1, -0.05) is 6.92 Å². The molecule has 0 bridgehead atoms. The molecule has 0 aliphatic rings. The van der Waals surface area contributed by atoms with Crippen LogP contribution in [0.1, 0.15) is 31.9 Å². The predicted octanol–water partition coefficient (Wildman–Crippen LogP) is 1.23. The van der Waals surface area contributed by atoms with Gasteiger partial charge in [-0.2, -0.15) is 0 Å². The summed E-state index contributed by atoms with van der Waals surface area (Å²) in [7, 11) is 0. The maximum absolute atomic E-state index is 9.69. The lowest BCUT2D eigenvalue weighted by atomic mass is 10.0. The second kappa shape index (κ2) is 4.57. The maximum Gasteiger partial charge on any atom is 0.208 e. The molecule has 4 nitrogen and oxygen atoms in total. The van der Waals surface area contributed by atoms with Gasteiger partial charge in [0.1, 0.15) is 5.76 Å². The van der Waals surface area contributed by atoms with Crippen molar-refractivity contribution in [2.45, 2.75) is 39.3 Å². The van der Waals surface area contributed by atoms with Gasteiger partial charge in [0.15, 0.2) is 0 Å². The summed E-state index contributed by atoms with van der Waals surface area (Å²) >= 11 is 0. The van der Waals surface area contributed by atoms with Gasteiger partial charge in [0.25, 0.3) is 0 Å². The fourth-order valence-electron chi connectivity index (χ4n) is 1.05. The Kier molecular flexibility index (Phi) is 3.66. The topological polar surface area (TPSA) is 58.3 Å². The van der Waals surface area contributed by atoms with Crippen LogP contribution in [0.2, 0.25) is 0 Å². The van der Waals surface area contributed by atoms with Gasteiger partial charge in [-0.05, 0) is 20.3 Å². The molecule has 4 heteroatoms. The highest BCUT2D eigenvalue weighted by Crippen LogP contribution is 2.07. The minimum absolute atomic E-state index is 0.547. The molecule has 0 saturated heterocycles. The fourth-order valence-corrected chi connectivity index (χ4v) is 1.05. The van der Waals surface area contributed by atoms with Crippen molar-refractivity contribution in [2.24, 2.45) is 0 Å². The first kappa shape index (κ1) is 11.2. The van der Waals surface area contributed by atoms with Crippen molar-refractivity contribution in [1.82, 2.24) is 10.3 Å². The van der Waals surface area contributed by atoms with Gasteiger partial charge in [-0.25, -0.2) is 4.98 Å². The first-order chi connectivity index (χ1) is 6.53. The van der Waals surface area contributed by atoms with Crippen LogP contribution in [0.3, 0.4) is 0 Å². The Morgan fingerprint density at radius 3 is 2.86 bits per heavy atom. The van der Waals surface area contributed by atoms with Crippen LogP contribution in [0.5, 0.6) is 0 Å². The van der Waals surface area contributed by atoms with Gasteiger partial charge in [0.2, 0.25) is 5.89 Å². The van der Waals surface area contributed by atoms with E-state index in [4.69, 9.17) is 4.42 Å². The molecular formula is C10H18N2O2. The number of nitrogens with zero attached hydrogens (tertiary/aromatic N) is 1. The summed E-state index contributed by atoms with van der Waals surface area (Å²) < 4.78 is 5.28. The zero-order valence-corrected chi connectivity index (χ0v) is 9.00. The van der Waals surface area contributed by atoms with E-state index in [1.54, 1.807) is 13.1 Å². The fraction of sp³-hybridized carbons (Fsp3) is 0.700. The Balaban J connectivity index is 2.28. The molecular weight excluding hydrogens is 180 g/mol. The van der Waals surface area contributed by atoms with E-state index in [-0.39, 0.29) is 0 Å². The Bertz CT molecular complexity index is 281. The van der Waals surface area contributed by atoms with Crippen molar-refractivity contribution < 1.29 is 9.52 Å². The lowest BCUT2D eigenvalue weighted by Gasteiger charge is -2.20. The molecule has 0 aliphatic carbocycles. The van der Waals surface area contributed by atoms with Crippen molar-refractivity contribution in [3.05, 3.63) is 17.8 Å². The van der Waals surface area contributed by atoms with Crippen molar-refractivity contribution in [2.75, 3.05) is 6.54 Å². The highest BCUT2D eigenvalue weighted by molar-refractivity contribution is 4.90. The normalized spacial score (nSPS) is 15.4. The molecule has 1 heterocycles. The van der Waals surface area contributed by atoms with Crippen LogP contribution >= 0.6 is 0 Å². The van der Waals surface area contributed by atoms with Gasteiger partial charge in [-0.15, -0.1) is 0 Å². The van der Waals surface area contributed by atoms with E-state index in [2.05, 4.69) is 10.3 Å². The number of hydrogen-bond acceptors (Lipinski definition) is 4. The van der Waals surface area contributed by atoms with Gasteiger partial charge in [0, 0.05) is 6.54 Å². The molecule has 0 saturated carbocycles. The molecule has 1 aromatic heterocycles. The molecule has 1 rings (SSSR count). The second-order valence-electron chi connectivity index (χ2n) is 3.82. The van der Waals surface area contributed by atoms with E-state index >= 15 is 0 Å². The Morgan fingerprint density at radius 1 is 1.64 bits per heavy atom. The molecule has 14 heavy (non-hydrogen) atoms. The Morgan fingerprint density at radius 2 is 2.36 bits per heavy atom. The standard InChI is InChI=1S/C10H18N2O2/c1-4-10(3,13)7-11-6-9-12-5-8(2)14-9/h5,11,13H,4,6-7H2,1-3H3. The van der Waals surface area contributed by atoms with Crippen LogP contribution in [0.4, 0.5) is 0 Å². The molecule has 0 amide bonds. The molecule has 0 aromatic carbocycles. The molecule has 80 valence electrons. The SMILES string of the molecule is CCC(C)(O)CNCc1ncc(C)o1. The summed E-state index contributed by atoms with van der Waals surface area (Å²) in [4.78, 5) is 4.05. The van der Waals surface area contributed by atoms with Crippen LogP contribution in [0.25, 0.3) is 0 Å². The van der Waals surface area contributed by atoms with Crippen LogP contribution in [0.15, 0.2) is 10.6 Å². The highest BCUT2D eigenvalue weighted by Gasteiger charge is 2.16. The van der Waals surface area contributed by atoms with Crippen LogP contribution in [-0.4, -0.2) is 22.2 Å². The first-order valence-electron chi connectivity index (χ1n) is 4.88. The van der Waals surface area contributed by atoms with Crippen molar-refractivity contribution >= 4 is 0 Å². The van der Waals surface area contributed by atoms with E-state index in [9.17, 15) is 5.11 Å². The lowest BCUT2D eigenvalue weighted by molar-refractivity contribution is 0.0550. The number of oxazole rings is 1. The van der Waals surface area contributed by atoms with Gasteiger partial charge >= 0.3 is 0 Å². The summed E-state index contributed by atoms with van der Waals surface area (Å²) in [5, 5.41) is 12.8. The van der Waals surface area contributed by atoms with E-state index in [0.717, 1.165) is 12.2 Å². The van der Waals surface area contributed by atoms with E-state index in [1.807, 2.05) is 13.8 Å². The molecule has 1 aromatic rings. The number of aromatic nitrogens is 1. The molecule has 0 spiro atoms. The van der Waals surface area contributed by atoms with E-state index < -0.39 is 5.60 Å². The van der Waals surface area contributed by atoms with Crippen LogP contribution in [0, 0.1) is 6.92 Å². The summed E-state index contributed by atoms with van der Waals surface area (Å²) in [6, 6.07) is 0. The zero-order chi connectivity index (χ0) is 10.6. The summed E-state index contributed by atoms with van der Waals surface area (Å²) in [5.41, 5.74) is -0.651. The Labute approximate surface area is 84.3 Å². The summed E-state index contributed by atoms with van der Waals surface area (Å²) in [6.07, 6.45) is 2.42. The number of aryl methyl sites for hydroxylation is 1. The minimum atomic E-state index is -0.651. The van der Waals surface area contributed by atoms with Crippen molar-refractivity contribution in [3.8, 4) is 0 Å². The average Bonchev–Trinajstić information content (AvgIpc) is 2.51. The average molecular weight is 198 g/mol. The zero-order valence-electron chi connectivity index (χ0n) is 9.00. The number of hydrogen-bond donors (Lipinski definition) is 2. The van der Waals surface area contributed by atoms with E-state index in [1.165, 1.54) is 0 Å². The van der Waals surface area contributed by atoms with E-state index in [0.29, 0.717) is 19.0 Å². The van der Waals surface area contributed by atoms with Gasteiger partial charge in [-0.3, -0.25) is 0 Å². The van der Waals surface area contributed by atoms with Crippen LogP contribution in [-0.2, 0) is 6.54 Å². The third kappa shape index (κ3) is 3.47. The molecule has 0 radical (unpaired) electrons. The number of rotatable bonds is 5. The highest BCUT2D eigenvalue weighted by atomic mass is 16.4. The largest absolute Gasteiger partial charge is 0.445 e. The third-order valence-corrected chi connectivity index (χ3v) is 2.21. The summed E-state index contributed by atoms with van der Waals surface area (Å²) in [6.45, 7) is 6.73. The predicted molar refractivity (Wildman–Crippen MR) is 53.9 cm³/mol. The lowest BCUT2D eigenvalue weighted by Crippen LogP contribution is -2.36. The minimum Gasteiger partial charge on any atom is -0.445 e. The number of aliphatic hydroxyl groups is 1. The Hall–Kier alpha value is -0.870. The third-order valence-electron chi connectivity index (χ3n) is 2.21. The van der Waals surface area contributed by atoms with Gasteiger partial charge in [0.05, 0.1) is 18.3 Å². The molecule has 2 N–H and O–H groups in total. The van der Waals surface area contributed by atoms with Crippen molar-refractivity contribution in [3.63, 3.8) is 0 Å². The molecule has 1 atom stereocenters. The quantitative estimate of drug-likeness (QED) is 0.747. The van der Waals surface area contributed by atoms with Crippen LogP contribution < -0.4 is 5.32 Å². The molecule has 0 fully saturated rings. The van der Waals surface area contributed by atoms with Gasteiger partial charge < -0.3 is 14.8 Å². The monoisotopic (exact) mass is 198 g/mol. The molecule has 0 aliphatic heterocycles. The maximum atomic E-state index is 9.69. The second-order valence-corrected chi connectivity index (χ2v) is 3.82. The number of nitrogens with one attached hydrogen (secondary N) is 1. The van der Waals surface area contributed by atoms with Crippen molar-refractivity contribution in [1.29, 1.82) is 0 Å². The smallest absolute Gasteiger partial charge is 0.208 e. The molecule has 1 unspecified atom stereocenters. The summed E-state index contributed by atoms with van der Waals surface area (Å²) in [5.74, 6) is 1.47.